The van der Waals surface area contributed by atoms with Crippen molar-refractivity contribution in [3.63, 3.8) is 0 Å². The summed E-state index contributed by atoms with van der Waals surface area (Å²) in [4.78, 5) is 5.26. The number of halogens is 3. The minimum atomic E-state index is 0.164. The van der Waals surface area contributed by atoms with E-state index in [4.69, 9.17) is 49.1 Å². The molecule has 0 amide bonds. The van der Waals surface area contributed by atoms with Crippen molar-refractivity contribution < 1.29 is 14.3 Å². The lowest BCUT2D eigenvalue weighted by molar-refractivity contribution is 0.137. The van der Waals surface area contributed by atoms with Gasteiger partial charge in [0.15, 0.2) is 0 Å². The van der Waals surface area contributed by atoms with Crippen LogP contribution in [0.5, 0.6) is 11.5 Å². The number of nitrogens with zero attached hydrogens (tertiary/aromatic N) is 1. The maximum absolute atomic E-state index is 6.30. The molecule has 150 valence electrons. The van der Waals surface area contributed by atoms with Crippen LogP contribution < -0.4 is 9.47 Å². The summed E-state index contributed by atoms with van der Waals surface area (Å²) < 4.78 is 11.5. The number of oxime groups is 1. The zero-order valence-corrected chi connectivity index (χ0v) is 17.8. The molecule has 28 heavy (non-hydrogen) atoms. The van der Waals surface area contributed by atoms with Crippen LogP contribution in [0.15, 0.2) is 58.2 Å². The van der Waals surface area contributed by atoms with Crippen LogP contribution in [0.1, 0.15) is 24.0 Å². The molecule has 0 atom stereocenters. The monoisotopic (exact) mass is 441 g/mol. The lowest BCUT2D eigenvalue weighted by Crippen LogP contribution is -2.02. The highest BCUT2D eigenvalue weighted by Gasteiger charge is 2.09. The molecule has 0 saturated carbocycles. The Morgan fingerprint density at radius 1 is 1.04 bits per heavy atom. The van der Waals surface area contributed by atoms with Gasteiger partial charge in [0.05, 0.1) is 17.8 Å². The first kappa shape index (κ1) is 22.4. The maximum Gasteiger partial charge on any atom is 0.141 e. The van der Waals surface area contributed by atoms with E-state index < -0.39 is 0 Å². The molecule has 0 aliphatic heterocycles. The van der Waals surface area contributed by atoms with Crippen LogP contribution in [0.4, 0.5) is 0 Å². The number of ether oxygens (including phenoxy) is 2. The molecular weight excluding hydrogens is 421 g/mol. The summed E-state index contributed by atoms with van der Waals surface area (Å²) in [6, 6.07) is 13.4. The Labute approximate surface area is 180 Å². The quantitative estimate of drug-likeness (QED) is 0.225. The molecule has 4 nitrogen and oxygen atoms in total. The first-order valence-electron chi connectivity index (χ1n) is 8.83. The standard InChI is InChI=1S/C21H22Cl3NO3/c1-16-13-18(26-12-9-20(23)24)14-19(22)21(16)27-10-5-6-11-28-25-15-17-7-3-2-4-8-17/h2-4,7-9,13-15H,5-6,10-12H2,1H3. The number of aryl methyl sites for hydroxylation is 1. The highest BCUT2D eigenvalue weighted by atomic mass is 35.5. The van der Waals surface area contributed by atoms with Gasteiger partial charge in [-0.1, -0.05) is 70.3 Å². The third-order valence-electron chi connectivity index (χ3n) is 3.64. The summed E-state index contributed by atoms with van der Waals surface area (Å²) in [6.45, 7) is 3.25. The van der Waals surface area contributed by atoms with Gasteiger partial charge in [-0.15, -0.1) is 0 Å². The average molecular weight is 443 g/mol. The summed E-state index contributed by atoms with van der Waals surface area (Å²) in [5.41, 5.74) is 1.90. The van der Waals surface area contributed by atoms with Crippen LogP contribution in [0.2, 0.25) is 5.02 Å². The number of hydrogen-bond donors (Lipinski definition) is 0. The number of hydrogen-bond acceptors (Lipinski definition) is 4. The molecule has 0 saturated heterocycles. The fourth-order valence-electron chi connectivity index (χ4n) is 2.30. The third-order valence-corrected chi connectivity index (χ3v) is 4.23. The first-order valence-corrected chi connectivity index (χ1v) is 9.97. The van der Waals surface area contributed by atoms with E-state index in [1.807, 2.05) is 43.3 Å². The molecule has 0 aliphatic carbocycles. The van der Waals surface area contributed by atoms with Crippen LogP contribution in [0.3, 0.4) is 0 Å². The molecule has 2 aromatic carbocycles. The molecule has 7 heteroatoms. The van der Waals surface area contributed by atoms with Crippen LogP contribution in [-0.4, -0.2) is 26.0 Å². The highest BCUT2D eigenvalue weighted by Crippen LogP contribution is 2.33. The first-order chi connectivity index (χ1) is 13.6. The normalized spacial score (nSPS) is 10.7. The minimum Gasteiger partial charge on any atom is -0.492 e. The van der Waals surface area contributed by atoms with Gasteiger partial charge in [-0.05, 0) is 43.0 Å². The van der Waals surface area contributed by atoms with E-state index in [2.05, 4.69) is 5.16 Å². The lowest BCUT2D eigenvalue weighted by Gasteiger charge is -2.13. The van der Waals surface area contributed by atoms with Crippen LogP contribution >= 0.6 is 34.8 Å². The molecule has 0 aromatic heterocycles. The van der Waals surface area contributed by atoms with Gasteiger partial charge in [0.1, 0.15) is 29.2 Å². The molecule has 0 aliphatic rings. The van der Waals surface area contributed by atoms with Gasteiger partial charge in [-0.2, -0.15) is 0 Å². The summed E-state index contributed by atoms with van der Waals surface area (Å²) in [5.74, 6) is 1.29. The smallest absolute Gasteiger partial charge is 0.141 e. The Morgan fingerprint density at radius 2 is 1.79 bits per heavy atom. The summed E-state index contributed by atoms with van der Waals surface area (Å²) in [5, 5.41) is 4.45. The molecule has 2 aromatic rings. The molecule has 0 N–H and O–H groups in total. The van der Waals surface area contributed by atoms with Crippen LogP contribution in [0.25, 0.3) is 0 Å². The third kappa shape index (κ3) is 8.42. The van der Waals surface area contributed by atoms with Crippen molar-refractivity contribution in [3.8, 4) is 11.5 Å². The van der Waals surface area contributed by atoms with Crippen molar-refractivity contribution in [2.24, 2.45) is 5.16 Å². The lowest BCUT2D eigenvalue weighted by atomic mass is 10.2. The molecule has 0 spiro atoms. The summed E-state index contributed by atoms with van der Waals surface area (Å²) in [7, 11) is 0. The predicted octanol–water partition coefficient (Wildman–Crippen LogP) is 6.56. The number of benzene rings is 2. The van der Waals surface area contributed by atoms with E-state index in [0.717, 1.165) is 24.0 Å². The van der Waals surface area contributed by atoms with Gasteiger partial charge in [-0.25, -0.2) is 0 Å². The highest BCUT2D eigenvalue weighted by molar-refractivity contribution is 6.55. The number of rotatable bonds is 11. The molecular formula is C21H22Cl3NO3. The van der Waals surface area contributed by atoms with E-state index in [0.29, 0.717) is 29.7 Å². The Kier molecular flexibility index (Phi) is 10.0. The van der Waals surface area contributed by atoms with E-state index >= 15 is 0 Å². The van der Waals surface area contributed by atoms with Gasteiger partial charge in [0.25, 0.3) is 0 Å². The summed E-state index contributed by atoms with van der Waals surface area (Å²) in [6.07, 6.45) is 4.91. The van der Waals surface area contributed by atoms with Gasteiger partial charge in [-0.3, -0.25) is 0 Å². The van der Waals surface area contributed by atoms with Gasteiger partial charge < -0.3 is 14.3 Å². The molecule has 0 radical (unpaired) electrons. The molecule has 0 fully saturated rings. The van der Waals surface area contributed by atoms with Crippen LogP contribution in [-0.2, 0) is 4.84 Å². The topological polar surface area (TPSA) is 40.0 Å². The zero-order valence-electron chi connectivity index (χ0n) is 15.5. The average Bonchev–Trinajstić information content (AvgIpc) is 2.66. The van der Waals surface area contributed by atoms with Gasteiger partial charge in [0, 0.05) is 6.07 Å². The fraction of sp³-hybridized carbons (Fsp3) is 0.286. The Balaban J connectivity index is 1.68. The maximum atomic E-state index is 6.30. The van der Waals surface area contributed by atoms with E-state index in [1.54, 1.807) is 18.4 Å². The summed E-state index contributed by atoms with van der Waals surface area (Å²) >= 11 is 17.4. The van der Waals surface area contributed by atoms with Crippen molar-refractivity contribution in [2.75, 3.05) is 19.8 Å². The largest absolute Gasteiger partial charge is 0.492 e. The minimum absolute atomic E-state index is 0.164. The van der Waals surface area contributed by atoms with E-state index in [1.165, 1.54) is 0 Å². The molecule has 0 heterocycles. The SMILES string of the molecule is Cc1cc(OCC=C(Cl)Cl)cc(Cl)c1OCCCCON=Cc1ccccc1. The van der Waals surface area contributed by atoms with Crippen molar-refractivity contribution in [2.45, 2.75) is 19.8 Å². The fourth-order valence-corrected chi connectivity index (χ4v) is 2.74. The molecule has 0 bridgehead atoms. The van der Waals surface area contributed by atoms with Crippen molar-refractivity contribution in [1.29, 1.82) is 0 Å². The van der Waals surface area contributed by atoms with E-state index in [-0.39, 0.29) is 11.1 Å². The molecule has 2 rings (SSSR count). The Hall–Kier alpha value is -1.88. The predicted molar refractivity (Wildman–Crippen MR) is 116 cm³/mol. The van der Waals surface area contributed by atoms with Gasteiger partial charge >= 0.3 is 0 Å². The van der Waals surface area contributed by atoms with Crippen molar-refractivity contribution >= 4 is 41.0 Å². The Bertz CT molecular complexity index is 768. The van der Waals surface area contributed by atoms with Crippen molar-refractivity contribution in [3.05, 3.63) is 69.2 Å². The number of unbranched alkanes of at least 4 members (excludes halogenated alkanes) is 1. The van der Waals surface area contributed by atoms with Crippen molar-refractivity contribution in [1.82, 2.24) is 0 Å². The second-order valence-corrected chi connectivity index (χ2v) is 7.30. The Morgan fingerprint density at radius 3 is 2.50 bits per heavy atom. The van der Waals surface area contributed by atoms with E-state index in [9.17, 15) is 0 Å². The molecule has 0 unspecified atom stereocenters. The zero-order chi connectivity index (χ0) is 20.2. The van der Waals surface area contributed by atoms with Crippen LogP contribution in [0, 0.1) is 6.92 Å². The second-order valence-electron chi connectivity index (χ2n) is 5.89. The second kappa shape index (κ2) is 12.6. The van der Waals surface area contributed by atoms with Gasteiger partial charge in [0.2, 0.25) is 0 Å².